The SMILES string of the molecule is COc1ccc(C)cc1C(C)NC(=O)COC(C)(C)C. The monoisotopic (exact) mass is 279 g/mol. The lowest BCUT2D eigenvalue weighted by Gasteiger charge is -2.21. The summed E-state index contributed by atoms with van der Waals surface area (Å²) < 4.78 is 10.8. The number of carbonyl (C=O) groups excluding carboxylic acids is 1. The molecule has 1 aromatic rings. The molecular formula is C16H25NO3. The van der Waals surface area contributed by atoms with Crippen LogP contribution in [0.2, 0.25) is 0 Å². The van der Waals surface area contributed by atoms with E-state index < -0.39 is 0 Å². The normalized spacial score (nSPS) is 12.9. The first-order chi connectivity index (χ1) is 9.23. The second kappa shape index (κ2) is 6.75. The van der Waals surface area contributed by atoms with Crippen molar-refractivity contribution in [3.63, 3.8) is 0 Å². The van der Waals surface area contributed by atoms with Crippen LogP contribution in [-0.2, 0) is 9.53 Å². The quantitative estimate of drug-likeness (QED) is 0.901. The highest BCUT2D eigenvalue weighted by atomic mass is 16.5. The van der Waals surface area contributed by atoms with Crippen LogP contribution in [0.3, 0.4) is 0 Å². The van der Waals surface area contributed by atoms with Gasteiger partial charge in [-0.15, -0.1) is 0 Å². The second-order valence-corrected chi connectivity index (χ2v) is 5.94. The lowest BCUT2D eigenvalue weighted by Crippen LogP contribution is -2.33. The Morgan fingerprint density at radius 1 is 1.35 bits per heavy atom. The van der Waals surface area contributed by atoms with Gasteiger partial charge in [0.25, 0.3) is 0 Å². The number of aryl methyl sites for hydroxylation is 1. The Balaban J connectivity index is 2.69. The molecule has 0 aliphatic heterocycles. The fourth-order valence-corrected chi connectivity index (χ4v) is 1.84. The first kappa shape index (κ1) is 16.5. The maximum atomic E-state index is 11.9. The summed E-state index contributed by atoms with van der Waals surface area (Å²) in [5.41, 5.74) is 1.78. The Bertz CT molecular complexity index is 463. The van der Waals surface area contributed by atoms with Crippen molar-refractivity contribution in [3.8, 4) is 5.75 Å². The molecule has 0 fully saturated rings. The predicted molar refractivity (Wildman–Crippen MR) is 80.0 cm³/mol. The summed E-state index contributed by atoms with van der Waals surface area (Å²) in [6.07, 6.45) is 0. The van der Waals surface area contributed by atoms with Gasteiger partial charge in [-0.25, -0.2) is 0 Å². The number of hydrogen-bond acceptors (Lipinski definition) is 3. The number of carbonyl (C=O) groups is 1. The Morgan fingerprint density at radius 3 is 2.55 bits per heavy atom. The second-order valence-electron chi connectivity index (χ2n) is 5.94. The molecule has 1 atom stereocenters. The minimum Gasteiger partial charge on any atom is -0.496 e. The van der Waals surface area contributed by atoms with Crippen LogP contribution in [0.25, 0.3) is 0 Å². The standard InChI is InChI=1S/C16H25NO3/c1-11-7-8-14(19-6)13(9-11)12(2)17-15(18)10-20-16(3,4)5/h7-9,12H,10H2,1-6H3,(H,17,18). The fourth-order valence-electron chi connectivity index (χ4n) is 1.84. The summed E-state index contributed by atoms with van der Waals surface area (Å²) in [4.78, 5) is 11.9. The molecule has 0 bridgehead atoms. The zero-order valence-electron chi connectivity index (χ0n) is 13.2. The highest BCUT2D eigenvalue weighted by molar-refractivity contribution is 5.77. The first-order valence-electron chi connectivity index (χ1n) is 6.81. The fraction of sp³-hybridized carbons (Fsp3) is 0.562. The summed E-state index contributed by atoms with van der Waals surface area (Å²) in [5, 5.41) is 2.93. The molecule has 0 saturated heterocycles. The summed E-state index contributed by atoms with van der Waals surface area (Å²) in [6.45, 7) is 9.78. The molecule has 0 saturated carbocycles. The van der Waals surface area contributed by atoms with Gasteiger partial charge in [0.1, 0.15) is 12.4 Å². The number of rotatable bonds is 5. The van der Waals surface area contributed by atoms with Gasteiger partial charge in [-0.1, -0.05) is 17.7 Å². The van der Waals surface area contributed by atoms with Crippen LogP contribution in [0.1, 0.15) is 44.9 Å². The van der Waals surface area contributed by atoms with Gasteiger partial charge in [0.05, 0.1) is 18.8 Å². The van der Waals surface area contributed by atoms with E-state index in [1.54, 1.807) is 7.11 Å². The van der Waals surface area contributed by atoms with Crippen LogP contribution in [0.15, 0.2) is 18.2 Å². The Labute approximate surface area is 121 Å². The predicted octanol–water partition coefficient (Wildman–Crippen LogP) is 3.00. The van der Waals surface area contributed by atoms with E-state index in [2.05, 4.69) is 5.32 Å². The van der Waals surface area contributed by atoms with E-state index in [-0.39, 0.29) is 24.2 Å². The molecule has 4 heteroatoms. The molecule has 4 nitrogen and oxygen atoms in total. The largest absolute Gasteiger partial charge is 0.496 e. The van der Waals surface area contributed by atoms with Gasteiger partial charge in [0, 0.05) is 5.56 Å². The van der Waals surface area contributed by atoms with Crippen LogP contribution in [0, 0.1) is 6.92 Å². The van der Waals surface area contributed by atoms with Gasteiger partial charge in [-0.3, -0.25) is 4.79 Å². The number of methoxy groups -OCH3 is 1. The zero-order chi connectivity index (χ0) is 15.3. The van der Waals surface area contributed by atoms with Crippen LogP contribution in [0.5, 0.6) is 5.75 Å². The summed E-state index contributed by atoms with van der Waals surface area (Å²) in [5.74, 6) is 0.649. The van der Waals surface area contributed by atoms with E-state index in [1.165, 1.54) is 0 Å². The van der Waals surface area contributed by atoms with E-state index in [0.717, 1.165) is 16.9 Å². The molecule has 20 heavy (non-hydrogen) atoms. The summed E-state index contributed by atoms with van der Waals surface area (Å²) in [7, 11) is 1.63. The highest BCUT2D eigenvalue weighted by Gasteiger charge is 2.17. The molecular weight excluding hydrogens is 254 g/mol. The van der Waals surface area contributed by atoms with E-state index in [9.17, 15) is 4.79 Å². The van der Waals surface area contributed by atoms with Crippen molar-refractivity contribution in [2.24, 2.45) is 0 Å². The molecule has 1 amide bonds. The number of amides is 1. The average molecular weight is 279 g/mol. The molecule has 0 aromatic heterocycles. The van der Waals surface area contributed by atoms with E-state index in [1.807, 2.05) is 52.8 Å². The summed E-state index contributed by atoms with van der Waals surface area (Å²) >= 11 is 0. The Kier molecular flexibility index (Phi) is 5.57. The lowest BCUT2D eigenvalue weighted by molar-refractivity contribution is -0.131. The summed E-state index contributed by atoms with van der Waals surface area (Å²) in [6, 6.07) is 5.80. The van der Waals surface area contributed by atoms with Gasteiger partial charge < -0.3 is 14.8 Å². The van der Waals surface area contributed by atoms with E-state index >= 15 is 0 Å². The van der Waals surface area contributed by atoms with Gasteiger partial charge >= 0.3 is 0 Å². The molecule has 1 unspecified atom stereocenters. The van der Waals surface area contributed by atoms with E-state index in [4.69, 9.17) is 9.47 Å². The van der Waals surface area contributed by atoms with Gasteiger partial charge in [0.15, 0.2) is 0 Å². The van der Waals surface area contributed by atoms with Gasteiger partial charge in [-0.05, 0) is 40.7 Å². The molecule has 0 heterocycles. The van der Waals surface area contributed by atoms with Crippen LogP contribution >= 0.6 is 0 Å². The maximum absolute atomic E-state index is 11.9. The Hall–Kier alpha value is -1.55. The minimum absolute atomic E-state index is 0.0575. The molecule has 0 spiro atoms. The molecule has 0 radical (unpaired) electrons. The van der Waals surface area contributed by atoms with Crippen molar-refractivity contribution >= 4 is 5.91 Å². The van der Waals surface area contributed by atoms with Crippen molar-refractivity contribution in [2.45, 2.75) is 46.3 Å². The van der Waals surface area contributed by atoms with Crippen molar-refractivity contribution in [1.82, 2.24) is 5.32 Å². The van der Waals surface area contributed by atoms with Crippen molar-refractivity contribution in [1.29, 1.82) is 0 Å². The third-order valence-electron chi connectivity index (χ3n) is 2.87. The number of benzene rings is 1. The smallest absolute Gasteiger partial charge is 0.246 e. The molecule has 1 rings (SSSR count). The third kappa shape index (κ3) is 5.21. The molecule has 0 aliphatic rings. The zero-order valence-corrected chi connectivity index (χ0v) is 13.2. The van der Waals surface area contributed by atoms with Crippen molar-refractivity contribution in [2.75, 3.05) is 13.7 Å². The topological polar surface area (TPSA) is 47.6 Å². The molecule has 1 aromatic carbocycles. The average Bonchev–Trinajstić information content (AvgIpc) is 2.35. The van der Waals surface area contributed by atoms with Gasteiger partial charge in [-0.2, -0.15) is 0 Å². The lowest BCUT2D eigenvalue weighted by atomic mass is 10.0. The minimum atomic E-state index is -0.318. The highest BCUT2D eigenvalue weighted by Crippen LogP contribution is 2.25. The number of hydrogen-bond donors (Lipinski definition) is 1. The van der Waals surface area contributed by atoms with Crippen LogP contribution in [0.4, 0.5) is 0 Å². The third-order valence-corrected chi connectivity index (χ3v) is 2.87. The van der Waals surface area contributed by atoms with Crippen LogP contribution < -0.4 is 10.1 Å². The Morgan fingerprint density at radius 2 is 2.00 bits per heavy atom. The van der Waals surface area contributed by atoms with Gasteiger partial charge in [0.2, 0.25) is 5.91 Å². The maximum Gasteiger partial charge on any atom is 0.246 e. The number of ether oxygens (including phenoxy) is 2. The molecule has 112 valence electrons. The molecule has 0 aliphatic carbocycles. The van der Waals surface area contributed by atoms with Crippen molar-refractivity contribution in [3.05, 3.63) is 29.3 Å². The van der Waals surface area contributed by atoms with Crippen molar-refractivity contribution < 1.29 is 14.3 Å². The molecule has 1 N–H and O–H groups in total. The van der Waals surface area contributed by atoms with E-state index in [0.29, 0.717) is 0 Å². The first-order valence-corrected chi connectivity index (χ1v) is 6.81. The van der Waals surface area contributed by atoms with Crippen LogP contribution in [-0.4, -0.2) is 25.2 Å². The number of nitrogens with one attached hydrogen (secondary N) is 1.